The van der Waals surface area contributed by atoms with Crippen molar-refractivity contribution >= 4 is 11.8 Å². The highest BCUT2D eigenvalue weighted by Crippen LogP contribution is 2.33. The van der Waals surface area contributed by atoms with Gasteiger partial charge in [-0.3, -0.25) is 9.59 Å². The number of primary amides is 1. The van der Waals surface area contributed by atoms with Crippen molar-refractivity contribution in [2.24, 2.45) is 5.73 Å². The number of nitrogens with two attached hydrogens (primary N) is 1. The second kappa shape index (κ2) is 6.72. The van der Waals surface area contributed by atoms with Crippen LogP contribution in [0.3, 0.4) is 0 Å². The summed E-state index contributed by atoms with van der Waals surface area (Å²) in [6.07, 6.45) is 1.67. The lowest BCUT2D eigenvalue weighted by Crippen LogP contribution is -2.53. The first-order valence-electron chi connectivity index (χ1n) is 7.40. The van der Waals surface area contributed by atoms with E-state index < -0.39 is 11.3 Å². The molecule has 1 aliphatic rings. The number of hydrogen-bond acceptors (Lipinski definition) is 3. The summed E-state index contributed by atoms with van der Waals surface area (Å²) in [5, 5.41) is 6.25. The molecule has 1 fully saturated rings. The van der Waals surface area contributed by atoms with Crippen LogP contribution in [0.2, 0.25) is 0 Å². The van der Waals surface area contributed by atoms with Gasteiger partial charge < -0.3 is 16.4 Å². The first-order chi connectivity index (χ1) is 10.0. The molecular weight excluding hydrogens is 266 g/mol. The van der Waals surface area contributed by atoms with E-state index in [0.29, 0.717) is 0 Å². The molecule has 5 nitrogen and oxygen atoms in total. The minimum absolute atomic E-state index is 0.0102. The van der Waals surface area contributed by atoms with E-state index in [1.807, 2.05) is 37.3 Å². The maximum atomic E-state index is 12.8. The molecule has 1 aliphatic heterocycles. The van der Waals surface area contributed by atoms with E-state index in [9.17, 15) is 9.59 Å². The first kappa shape index (κ1) is 15.5. The molecule has 1 heterocycles. The normalized spacial score (nSPS) is 18.7. The van der Waals surface area contributed by atoms with Crippen molar-refractivity contribution in [1.82, 2.24) is 10.6 Å². The second-order valence-electron chi connectivity index (χ2n) is 5.74. The quantitative estimate of drug-likeness (QED) is 0.745. The number of benzene rings is 1. The number of carbonyl (C=O) groups excluding carboxylic acids is 2. The summed E-state index contributed by atoms with van der Waals surface area (Å²) in [7, 11) is 0. The maximum absolute atomic E-state index is 12.8. The van der Waals surface area contributed by atoms with Gasteiger partial charge in [0, 0.05) is 12.5 Å². The van der Waals surface area contributed by atoms with Crippen LogP contribution < -0.4 is 16.4 Å². The Labute approximate surface area is 125 Å². The molecule has 114 valence electrons. The Bertz CT molecular complexity index is 496. The van der Waals surface area contributed by atoms with Crippen molar-refractivity contribution in [3.05, 3.63) is 35.9 Å². The zero-order chi connectivity index (χ0) is 15.3. The van der Waals surface area contributed by atoms with E-state index in [2.05, 4.69) is 10.6 Å². The summed E-state index contributed by atoms with van der Waals surface area (Å²) in [4.78, 5) is 23.8. The SMILES string of the molecule is CC(CC(N)=O)NC(=O)C1(c2ccccc2)CCNCC1. The lowest BCUT2D eigenvalue weighted by Gasteiger charge is -2.37. The Balaban J connectivity index is 2.20. The smallest absolute Gasteiger partial charge is 0.230 e. The van der Waals surface area contributed by atoms with Crippen LogP contribution in [0.15, 0.2) is 30.3 Å². The Morgan fingerprint density at radius 3 is 2.48 bits per heavy atom. The molecule has 2 amide bonds. The van der Waals surface area contributed by atoms with E-state index in [4.69, 9.17) is 5.73 Å². The molecule has 1 atom stereocenters. The van der Waals surface area contributed by atoms with Gasteiger partial charge in [-0.25, -0.2) is 0 Å². The van der Waals surface area contributed by atoms with Gasteiger partial charge in [0.25, 0.3) is 0 Å². The van der Waals surface area contributed by atoms with Crippen LogP contribution in [0.1, 0.15) is 31.7 Å². The molecule has 0 radical (unpaired) electrons. The van der Waals surface area contributed by atoms with E-state index >= 15 is 0 Å². The summed E-state index contributed by atoms with van der Waals surface area (Å²) in [6.45, 7) is 3.43. The molecule has 2 rings (SSSR count). The van der Waals surface area contributed by atoms with Gasteiger partial charge in [0.1, 0.15) is 0 Å². The van der Waals surface area contributed by atoms with Crippen molar-refractivity contribution in [2.45, 2.75) is 37.6 Å². The van der Waals surface area contributed by atoms with Crippen molar-refractivity contribution < 1.29 is 9.59 Å². The largest absolute Gasteiger partial charge is 0.370 e. The predicted molar refractivity (Wildman–Crippen MR) is 81.6 cm³/mol. The predicted octanol–water partition coefficient (Wildman–Crippen LogP) is 0.688. The van der Waals surface area contributed by atoms with Crippen LogP contribution in [0, 0.1) is 0 Å². The monoisotopic (exact) mass is 289 g/mol. The van der Waals surface area contributed by atoms with Gasteiger partial charge in [-0.1, -0.05) is 30.3 Å². The van der Waals surface area contributed by atoms with Crippen LogP contribution in [-0.2, 0) is 15.0 Å². The molecule has 0 spiro atoms. The fourth-order valence-electron chi connectivity index (χ4n) is 2.97. The van der Waals surface area contributed by atoms with E-state index in [0.717, 1.165) is 31.5 Å². The lowest BCUT2D eigenvalue weighted by molar-refractivity contribution is -0.128. The van der Waals surface area contributed by atoms with E-state index in [1.165, 1.54) is 0 Å². The topological polar surface area (TPSA) is 84.2 Å². The van der Waals surface area contributed by atoms with Gasteiger partial charge >= 0.3 is 0 Å². The highest BCUT2D eigenvalue weighted by molar-refractivity contribution is 5.89. The summed E-state index contributed by atoms with van der Waals surface area (Å²) >= 11 is 0. The molecule has 0 aliphatic carbocycles. The van der Waals surface area contributed by atoms with Gasteiger partial charge in [-0.15, -0.1) is 0 Å². The number of amides is 2. The maximum Gasteiger partial charge on any atom is 0.230 e. The zero-order valence-electron chi connectivity index (χ0n) is 12.4. The Morgan fingerprint density at radius 2 is 1.90 bits per heavy atom. The molecule has 0 saturated carbocycles. The number of hydrogen-bond donors (Lipinski definition) is 3. The number of nitrogens with one attached hydrogen (secondary N) is 2. The number of piperidine rings is 1. The fourth-order valence-corrected chi connectivity index (χ4v) is 2.97. The Hall–Kier alpha value is -1.88. The van der Waals surface area contributed by atoms with Crippen LogP contribution in [0.5, 0.6) is 0 Å². The summed E-state index contributed by atoms with van der Waals surface area (Å²) in [5.41, 5.74) is 5.71. The highest BCUT2D eigenvalue weighted by atomic mass is 16.2. The highest BCUT2D eigenvalue weighted by Gasteiger charge is 2.41. The minimum atomic E-state index is -0.515. The second-order valence-corrected chi connectivity index (χ2v) is 5.74. The van der Waals surface area contributed by atoms with E-state index in [-0.39, 0.29) is 18.4 Å². The minimum Gasteiger partial charge on any atom is -0.370 e. The van der Waals surface area contributed by atoms with Gasteiger partial charge in [0.05, 0.1) is 5.41 Å². The molecule has 1 aromatic carbocycles. The molecule has 21 heavy (non-hydrogen) atoms. The van der Waals surface area contributed by atoms with Crippen molar-refractivity contribution in [1.29, 1.82) is 0 Å². The average molecular weight is 289 g/mol. The van der Waals surface area contributed by atoms with Crippen LogP contribution in [-0.4, -0.2) is 30.9 Å². The van der Waals surface area contributed by atoms with E-state index in [1.54, 1.807) is 0 Å². The average Bonchev–Trinajstić information content (AvgIpc) is 2.48. The fraction of sp³-hybridized carbons (Fsp3) is 0.500. The molecule has 4 N–H and O–H groups in total. The van der Waals surface area contributed by atoms with Gasteiger partial charge in [-0.05, 0) is 38.4 Å². The molecule has 0 aromatic heterocycles. The first-order valence-corrected chi connectivity index (χ1v) is 7.40. The van der Waals surface area contributed by atoms with Crippen molar-refractivity contribution in [2.75, 3.05) is 13.1 Å². The molecular formula is C16H23N3O2. The molecule has 1 aromatic rings. The van der Waals surface area contributed by atoms with Gasteiger partial charge in [0.2, 0.25) is 11.8 Å². The summed E-state index contributed by atoms with van der Waals surface area (Å²) < 4.78 is 0. The third-order valence-corrected chi connectivity index (χ3v) is 4.10. The zero-order valence-corrected chi connectivity index (χ0v) is 12.4. The Kier molecular flexibility index (Phi) is 4.96. The Morgan fingerprint density at radius 1 is 1.29 bits per heavy atom. The molecule has 1 unspecified atom stereocenters. The standard InChI is InChI=1S/C16H23N3O2/c1-12(11-14(17)20)19-15(21)16(7-9-18-10-8-16)13-5-3-2-4-6-13/h2-6,12,18H,7-11H2,1H3,(H2,17,20)(H,19,21). The summed E-state index contributed by atoms with van der Waals surface area (Å²) in [6, 6.07) is 9.63. The van der Waals surface area contributed by atoms with Gasteiger partial charge in [0.15, 0.2) is 0 Å². The third kappa shape index (κ3) is 3.61. The number of carbonyl (C=O) groups is 2. The third-order valence-electron chi connectivity index (χ3n) is 4.10. The van der Waals surface area contributed by atoms with Gasteiger partial charge in [-0.2, -0.15) is 0 Å². The molecule has 1 saturated heterocycles. The lowest BCUT2D eigenvalue weighted by atomic mass is 9.72. The van der Waals surface area contributed by atoms with Crippen molar-refractivity contribution in [3.63, 3.8) is 0 Å². The molecule has 0 bridgehead atoms. The van der Waals surface area contributed by atoms with Crippen molar-refractivity contribution in [3.8, 4) is 0 Å². The van der Waals surface area contributed by atoms with Crippen LogP contribution >= 0.6 is 0 Å². The summed E-state index contributed by atoms with van der Waals surface area (Å²) in [5.74, 6) is -0.411. The molecule has 5 heteroatoms. The van der Waals surface area contributed by atoms with Crippen LogP contribution in [0.25, 0.3) is 0 Å². The van der Waals surface area contributed by atoms with Crippen LogP contribution in [0.4, 0.5) is 0 Å². The number of rotatable bonds is 5.